The zero-order valence-electron chi connectivity index (χ0n) is 12.7. The molecule has 0 aliphatic carbocycles. The molecule has 1 heterocycles. The summed E-state index contributed by atoms with van der Waals surface area (Å²) in [5.41, 5.74) is 5.50. The number of fused-ring (bicyclic) bond motifs is 1. The zero-order chi connectivity index (χ0) is 16.5. The fourth-order valence-corrected chi connectivity index (χ4v) is 1.88. The van der Waals surface area contributed by atoms with Crippen LogP contribution >= 0.6 is 0 Å². The van der Waals surface area contributed by atoms with E-state index in [4.69, 9.17) is 15.3 Å². The van der Waals surface area contributed by atoms with E-state index in [1.165, 1.54) is 12.1 Å². The molecule has 0 fully saturated rings. The van der Waals surface area contributed by atoms with Gasteiger partial charge in [-0.1, -0.05) is 12.1 Å². The van der Waals surface area contributed by atoms with Gasteiger partial charge in [0, 0.05) is 0 Å². The number of ether oxygens (including phenoxy) is 1. The summed E-state index contributed by atoms with van der Waals surface area (Å²) in [6, 6.07) is 5.28. The number of esters is 1. The van der Waals surface area contributed by atoms with Gasteiger partial charge in [0.25, 0.3) is 11.8 Å². The molecule has 0 saturated heterocycles. The maximum atomic E-state index is 12.0. The molecule has 0 bridgehead atoms. The van der Waals surface area contributed by atoms with Gasteiger partial charge >= 0.3 is 5.97 Å². The summed E-state index contributed by atoms with van der Waals surface area (Å²) >= 11 is 0. The molecule has 1 aliphatic rings. The third-order valence-electron chi connectivity index (χ3n) is 2.85. The SMILES string of the molecule is CC(C)(C)OC(=O)C(N)CON1C(=O)c2ccccc2C1=O. The van der Waals surface area contributed by atoms with Crippen LogP contribution in [-0.4, -0.2) is 41.1 Å². The number of imide groups is 1. The highest BCUT2D eigenvalue weighted by Gasteiger charge is 2.37. The molecule has 1 atom stereocenters. The molecule has 7 nitrogen and oxygen atoms in total. The van der Waals surface area contributed by atoms with Gasteiger partial charge in [0.1, 0.15) is 18.2 Å². The lowest BCUT2D eigenvalue weighted by Gasteiger charge is -2.22. The van der Waals surface area contributed by atoms with Crippen LogP contribution < -0.4 is 5.73 Å². The molecule has 2 rings (SSSR count). The second kappa shape index (κ2) is 5.86. The van der Waals surface area contributed by atoms with Crippen LogP contribution in [0.1, 0.15) is 41.5 Å². The number of amides is 2. The van der Waals surface area contributed by atoms with Crippen LogP contribution in [0.25, 0.3) is 0 Å². The lowest BCUT2D eigenvalue weighted by molar-refractivity contribution is -0.162. The minimum Gasteiger partial charge on any atom is -0.459 e. The first-order valence-electron chi connectivity index (χ1n) is 6.80. The van der Waals surface area contributed by atoms with Crippen LogP contribution in [-0.2, 0) is 14.4 Å². The van der Waals surface area contributed by atoms with E-state index in [0.29, 0.717) is 5.06 Å². The summed E-state index contributed by atoms with van der Waals surface area (Å²) in [7, 11) is 0. The first-order chi connectivity index (χ1) is 10.2. The summed E-state index contributed by atoms with van der Waals surface area (Å²) in [5, 5.41) is 0.620. The number of nitrogens with zero attached hydrogens (tertiary/aromatic N) is 1. The van der Waals surface area contributed by atoms with E-state index in [2.05, 4.69) is 0 Å². The molecule has 0 spiro atoms. The van der Waals surface area contributed by atoms with Crippen molar-refractivity contribution in [2.24, 2.45) is 5.73 Å². The van der Waals surface area contributed by atoms with Gasteiger partial charge in [-0.15, -0.1) is 5.06 Å². The van der Waals surface area contributed by atoms with Crippen LogP contribution in [0.15, 0.2) is 24.3 Å². The second-order valence-electron chi connectivity index (χ2n) is 5.89. The Kier molecular flexibility index (Phi) is 4.30. The lowest BCUT2D eigenvalue weighted by Crippen LogP contribution is -2.43. The van der Waals surface area contributed by atoms with E-state index in [1.807, 2.05) is 0 Å². The highest BCUT2D eigenvalue weighted by atomic mass is 16.7. The maximum absolute atomic E-state index is 12.0. The predicted molar refractivity (Wildman–Crippen MR) is 76.7 cm³/mol. The fourth-order valence-electron chi connectivity index (χ4n) is 1.88. The van der Waals surface area contributed by atoms with Crippen LogP contribution in [0.3, 0.4) is 0 Å². The van der Waals surface area contributed by atoms with E-state index >= 15 is 0 Å². The first kappa shape index (κ1) is 16.1. The van der Waals surface area contributed by atoms with Crippen molar-refractivity contribution in [1.82, 2.24) is 5.06 Å². The standard InChI is InChI=1S/C15H18N2O5/c1-15(2,3)22-14(20)11(16)8-21-17-12(18)9-6-4-5-7-10(9)13(17)19/h4-7,11H,8,16H2,1-3H3. The Morgan fingerprint density at radius 3 is 2.14 bits per heavy atom. The van der Waals surface area contributed by atoms with Gasteiger partial charge in [-0.25, -0.2) is 0 Å². The molecule has 7 heteroatoms. The Morgan fingerprint density at radius 1 is 1.18 bits per heavy atom. The van der Waals surface area contributed by atoms with Crippen molar-refractivity contribution < 1.29 is 24.0 Å². The maximum Gasteiger partial charge on any atom is 0.325 e. The van der Waals surface area contributed by atoms with E-state index < -0.39 is 29.4 Å². The number of hydrogen-bond acceptors (Lipinski definition) is 6. The predicted octanol–water partition coefficient (Wildman–Crippen LogP) is 0.883. The minimum absolute atomic E-state index is 0.262. The van der Waals surface area contributed by atoms with Gasteiger partial charge in [0.2, 0.25) is 0 Å². The Morgan fingerprint density at radius 2 is 1.68 bits per heavy atom. The van der Waals surface area contributed by atoms with Crippen molar-refractivity contribution in [2.45, 2.75) is 32.4 Å². The quantitative estimate of drug-likeness (QED) is 0.655. The molecule has 1 unspecified atom stereocenters. The Balaban J connectivity index is 1.97. The Hall–Kier alpha value is -2.25. The lowest BCUT2D eigenvalue weighted by atomic mass is 10.1. The average Bonchev–Trinajstić information content (AvgIpc) is 2.67. The molecule has 2 N–H and O–H groups in total. The van der Waals surface area contributed by atoms with Gasteiger partial charge < -0.3 is 10.5 Å². The number of benzene rings is 1. The number of carbonyl (C=O) groups is 3. The number of hydroxylamine groups is 2. The van der Waals surface area contributed by atoms with E-state index in [1.54, 1.807) is 32.9 Å². The van der Waals surface area contributed by atoms with Crippen LogP contribution in [0, 0.1) is 0 Å². The van der Waals surface area contributed by atoms with Crippen molar-refractivity contribution in [2.75, 3.05) is 6.61 Å². The van der Waals surface area contributed by atoms with Gasteiger partial charge in [-0.2, -0.15) is 0 Å². The molecule has 118 valence electrons. The van der Waals surface area contributed by atoms with Crippen LogP contribution in [0.2, 0.25) is 0 Å². The van der Waals surface area contributed by atoms with Gasteiger partial charge in [0.05, 0.1) is 11.1 Å². The number of nitrogens with two attached hydrogens (primary N) is 1. The minimum atomic E-state index is -1.09. The molecule has 0 saturated carbocycles. The van der Waals surface area contributed by atoms with E-state index in [0.717, 1.165) is 0 Å². The number of hydrogen-bond donors (Lipinski definition) is 1. The van der Waals surface area contributed by atoms with E-state index in [9.17, 15) is 14.4 Å². The highest BCUT2D eigenvalue weighted by molar-refractivity contribution is 6.20. The van der Waals surface area contributed by atoms with Crippen molar-refractivity contribution in [3.05, 3.63) is 35.4 Å². The Labute approximate surface area is 127 Å². The molecular weight excluding hydrogens is 288 g/mol. The molecule has 0 radical (unpaired) electrons. The molecule has 0 aromatic heterocycles. The van der Waals surface area contributed by atoms with Crippen molar-refractivity contribution in [3.63, 3.8) is 0 Å². The first-order valence-corrected chi connectivity index (χ1v) is 6.80. The monoisotopic (exact) mass is 306 g/mol. The summed E-state index contributed by atoms with van der Waals surface area (Å²) in [6.45, 7) is 4.80. The summed E-state index contributed by atoms with van der Waals surface area (Å²) in [4.78, 5) is 40.9. The van der Waals surface area contributed by atoms with Crippen LogP contribution in [0.5, 0.6) is 0 Å². The largest absolute Gasteiger partial charge is 0.459 e. The highest BCUT2D eigenvalue weighted by Crippen LogP contribution is 2.22. The molecule has 2 amide bonds. The molecule has 1 aliphatic heterocycles. The Bertz CT molecular complexity index is 586. The van der Waals surface area contributed by atoms with Gasteiger partial charge in [-0.3, -0.25) is 19.2 Å². The zero-order valence-corrected chi connectivity index (χ0v) is 12.7. The van der Waals surface area contributed by atoms with Crippen molar-refractivity contribution >= 4 is 17.8 Å². The normalized spacial score (nSPS) is 15.7. The fraction of sp³-hybridized carbons (Fsp3) is 0.400. The summed E-state index contributed by atoms with van der Waals surface area (Å²) in [6.07, 6.45) is 0. The van der Waals surface area contributed by atoms with Crippen molar-refractivity contribution in [3.8, 4) is 0 Å². The molecular formula is C15H18N2O5. The molecule has 22 heavy (non-hydrogen) atoms. The topological polar surface area (TPSA) is 98.9 Å². The third kappa shape index (κ3) is 3.32. The smallest absolute Gasteiger partial charge is 0.325 e. The van der Waals surface area contributed by atoms with Gasteiger partial charge in [-0.05, 0) is 32.9 Å². The second-order valence-corrected chi connectivity index (χ2v) is 5.89. The molecule has 1 aromatic carbocycles. The third-order valence-corrected chi connectivity index (χ3v) is 2.85. The summed E-state index contributed by atoms with van der Waals surface area (Å²) in [5.74, 6) is -1.81. The summed E-state index contributed by atoms with van der Waals surface area (Å²) < 4.78 is 5.10. The number of rotatable bonds is 4. The van der Waals surface area contributed by atoms with Crippen molar-refractivity contribution in [1.29, 1.82) is 0 Å². The van der Waals surface area contributed by atoms with E-state index in [-0.39, 0.29) is 17.7 Å². The van der Waals surface area contributed by atoms with Crippen LogP contribution in [0.4, 0.5) is 0 Å². The van der Waals surface area contributed by atoms with Gasteiger partial charge in [0.15, 0.2) is 0 Å². The molecule has 1 aromatic rings. The average molecular weight is 306 g/mol. The number of carbonyl (C=O) groups excluding carboxylic acids is 3.